The Labute approximate surface area is 128 Å². The fourth-order valence-electron chi connectivity index (χ4n) is 2.31. The van der Waals surface area contributed by atoms with Crippen molar-refractivity contribution in [1.82, 2.24) is 10.1 Å². The molecule has 1 amide bonds. The van der Waals surface area contributed by atoms with Crippen molar-refractivity contribution in [3.05, 3.63) is 41.4 Å². The first-order valence-corrected chi connectivity index (χ1v) is 7.22. The van der Waals surface area contributed by atoms with Gasteiger partial charge in [0.15, 0.2) is 0 Å². The molecule has 2 rings (SSSR count). The lowest BCUT2D eigenvalue weighted by atomic mass is 10.0. The van der Waals surface area contributed by atoms with E-state index in [4.69, 9.17) is 4.52 Å². The lowest BCUT2D eigenvalue weighted by Crippen LogP contribution is -2.31. The van der Waals surface area contributed by atoms with E-state index in [9.17, 15) is 14.3 Å². The summed E-state index contributed by atoms with van der Waals surface area (Å²) in [5.74, 6) is -0.662. The Bertz CT molecular complexity index is 646. The molecule has 0 unspecified atom stereocenters. The van der Waals surface area contributed by atoms with Crippen molar-refractivity contribution in [2.45, 2.75) is 26.9 Å². The van der Waals surface area contributed by atoms with Crippen molar-refractivity contribution in [2.24, 2.45) is 0 Å². The molecule has 1 heterocycles. The molecule has 0 saturated heterocycles. The summed E-state index contributed by atoms with van der Waals surface area (Å²) in [6, 6.07) is 5.65. The van der Waals surface area contributed by atoms with Crippen LogP contribution in [0.3, 0.4) is 0 Å². The van der Waals surface area contributed by atoms with Crippen molar-refractivity contribution in [2.75, 3.05) is 13.1 Å². The Morgan fingerprint density at radius 1 is 1.32 bits per heavy atom. The van der Waals surface area contributed by atoms with E-state index in [1.54, 1.807) is 11.8 Å². The maximum atomic E-state index is 13.0. The lowest BCUT2D eigenvalue weighted by molar-refractivity contribution is 0.0722. The number of benzene rings is 1. The molecule has 22 heavy (non-hydrogen) atoms. The number of carbonyl (C=O) groups excluding carboxylic acids is 1. The highest BCUT2D eigenvalue weighted by atomic mass is 19.1. The molecule has 0 aliphatic rings. The highest BCUT2D eigenvalue weighted by Gasteiger charge is 2.28. The van der Waals surface area contributed by atoms with Gasteiger partial charge >= 0.3 is 0 Å². The molecule has 1 atom stereocenters. The Kier molecular flexibility index (Phi) is 4.92. The van der Waals surface area contributed by atoms with Gasteiger partial charge in [0.1, 0.15) is 11.5 Å². The maximum Gasteiger partial charge on any atom is 0.292 e. The molecule has 0 aliphatic carbocycles. The smallest absolute Gasteiger partial charge is 0.292 e. The van der Waals surface area contributed by atoms with Crippen molar-refractivity contribution in [3.8, 4) is 11.3 Å². The summed E-state index contributed by atoms with van der Waals surface area (Å²) >= 11 is 0. The van der Waals surface area contributed by atoms with Gasteiger partial charge in [-0.05, 0) is 45.0 Å². The van der Waals surface area contributed by atoms with Crippen LogP contribution in [0.4, 0.5) is 4.39 Å². The van der Waals surface area contributed by atoms with E-state index in [2.05, 4.69) is 5.16 Å². The Morgan fingerprint density at radius 2 is 1.91 bits per heavy atom. The number of hydrogen-bond donors (Lipinski definition) is 1. The number of aromatic nitrogens is 1. The van der Waals surface area contributed by atoms with Gasteiger partial charge in [-0.15, -0.1) is 0 Å². The first-order chi connectivity index (χ1) is 10.5. The number of hydrogen-bond acceptors (Lipinski definition) is 4. The predicted octanol–water partition coefficient (Wildman–Crippen LogP) is 3.02. The average molecular weight is 306 g/mol. The third-order valence-electron chi connectivity index (χ3n) is 3.51. The van der Waals surface area contributed by atoms with Crippen molar-refractivity contribution < 1.29 is 18.8 Å². The zero-order chi connectivity index (χ0) is 16.3. The molecule has 6 heteroatoms. The summed E-state index contributed by atoms with van der Waals surface area (Å²) in [4.78, 5) is 14.0. The second-order valence-electron chi connectivity index (χ2n) is 4.93. The average Bonchev–Trinajstić information content (AvgIpc) is 2.94. The molecule has 5 nitrogen and oxygen atoms in total. The van der Waals surface area contributed by atoms with Crippen LogP contribution in [0.2, 0.25) is 0 Å². The fourth-order valence-corrected chi connectivity index (χ4v) is 2.31. The molecule has 1 aromatic carbocycles. The number of nitrogens with zero attached hydrogens (tertiary/aromatic N) is 2. The molecule has 118 valence electrons. The van der Waals surface area contributed by atoms with E-state index in [1.165, 1.54) is 24.3 Å². The van der Waals surface area contributed by atoms with Crippen LogP contribution in [0, 0.1) is 5.82 Å². The zero-order valence-electron chi connectivity index (χ0n) is 12.8. The van der Waals surface area contributed by atoms with Gasteiger partial charge in [0, 0.05) is 18.7 Å². The van der Waals surface area contributed by atoms with Crippen LogP contribution in [0.5, 0.6) is 0 Å². The second-order valence-corrected chi connectivity index (χ2v) is 4.93. The number of rotatable bonds is 5. The molecule has 0 fully saturated rings. The summed E-state index contributed by atoms with van der Waals surface area (Å²) in [6.07, 6.45) is -0.930. The molecule has 2 aromatic rings. The highest BCUT2D eigenvalue weighted by Crippen LogP contribution is 2.31. The largest absolute Gasteiger partial charge is 0.388 e. The Balaban J connectivity index is 2.50. The molecule has 0 spiro atoms. The molecule has 1 aromatic heterocycles. The van der Waals surface area contributed by atoms with Gasteiger partial charge < -0.3 is 14.5 Å². The van der Waals surface area contributed by atoms with Gasteiger partial charge in [-0.1, -0.05) is 5.16 Å². The molecule has 0 bridgehead atoms. The summed E-state index contributed by atoms with van der Waals surface area (Å²) < 4.78 is 18.2. The number of amides is 1. The number of aliphatic hydroxyl groups is 1. The van der Waals surface area contributed by atoms with Gasteiger partial charge in [-0.2, -0.15) is 0 Å². The van der Waals surface area contributed by atoms with Crippen LogP contribution in [-0.2, 0) is 0 Å². The monoisotopic (exact) mass is 306 g/mol. The van der Waals surface area contributed by atoms with Crippen LogP contribution in [-0.4, -0.2) is 34.2 Å². The van der Waals surface area contributed by atoms with Gasteiger partial charge in [0.25, 0.3) is 5.91 Å². The minimum Gasteiger partial charge on any atom is -0.388 e. The van der Waals surface area contributed by atoms with Crippen molar-refractivity contribution in [3.63, 3.8) is 0 Å². The Morgan fingerprint density at radius 3 is 2.41 bits per heavy atom. The van der Waals surface area contributed by atoms with E-state index in [0.717, 1.165) is 0 Å². The zero-order valence-corrected chi connectivity index (χ0v) is 12.8. The second kappa shape index (κ2) is 6.70. The summed E-state index contributed by atoms with van der Waals surface area (Å²) in [5, 5.41) is 13.9. The summed E-state index contributed by atoms with van der Waals surface area (Å²) in [6.45, 7) is 6.32. The first kappa shape index (κ1) is 16.2. The third-order valence-corrected chi connectivity index (χ3v) is 3.51. The topological polar surface area (TPSA) is 66.6 Å². The minimum absolute atomic E-state index is 0.0259. The quantitative estimate of drug-likeness (QED) is 0.922. The molecule has 0 aliphatic heterocycles. The van der Waals surface area contributed by atoms with Crippen LogP contribution in [0.25, 0.3) is 11.3 Å². The fraction of sp³-hybridized carbons (Fsp3) is 0.375. The molecule has 1 N–H and O–H groups in total. The summed E-state index contributed by atoms with van der Waals surface area (Å²) in [7, 11) is 0. The molecular weight excluding hydrogens is 287 g/mol. The van der Waals surface area contributed by atoms with E-state index in [-0.39, 0.29) is 17.5 Å². The van der Waals surface area contributed by atoms with Gasteiger partial charge in [0.2, 0.25) is 5.76 Å². The van der Waals surface area contributed by atoms with Crippen LogP contribution < -0.4 is 0 Å². The van der Waals surface area contributed by atoms with Crippen molar-refractivity contribution in [1.29, 1.82) is 0 Å². The first-order valence-electron chi connectivity index (χ1n) is 7.22. The number of aliphatic hydroxyl groups excluding tert-OH is 1. The lowest BCUT2D eigenvalue weighted by Gasteiger charge is -2.17. The van der Waals surface area contributed by atoms with Crippen LogP contribution in [0.1, 0.15) is 43.0 Å². The van der Waals surface area contributed by atoms with Gasteiger partial charge in [-0.3, -0.25) is 4.79 Å². The number of carbonyl (C=O) groups is 1. The van der Waals surface area contributed by atoms with Crippen LogP contribution in [0.15, 0.2) is 28.8 Å². The predicted molar refractivity (Wildman–Crippen MR) is 79.8 cm³/mol. The van der Waals surface area contributed by atoms with Crippen molar-refractivity contribution >= 4 is 5.91 Å². The summed E-state index contributed by atoms with van der Waals surface area (Å²) in [5.41, 5.74) is 1.26. The third kappa shape index (κ3) is 3.01. The SMILES string of the molecule is CCN(CC)C(=O)c1onc(-c2ccc(F)cc2)c1[C@H](C)O. The minimum atomic E-state index is -0.930. The molecule has 0 radical (unpaired) electrons. The number of halogens is 1. The van der Waals surface area contributed by atoms with E-state index >= 15 is 0 Å². The van der Waals surface area contributed by atoms with Gasteiger partial charge in [0.05, 0.1) is 11.7 Å². The molecular formula is C16H19FN2O3. The maximum absolute atomic E-state index is 13.0. The standard InChI is InChI=1S/C16H19FN2O3/c1-4-19(5-2)16(21)15-13(10(3)20)14(18-22-15)11-6-8-12(17)9-7-11/h6-10,20H,4-5H2,1-3H3/t10-/m0/s1. The highest BCUT2D eigenvalue weighted by molar-refractivity contribution is 5.94. The van der Waals surface area contributed by atoms with Gasteiger partial charge in [-0.25, -0.2) is 4.39 Å². The molecule has 0 saturated carbocycles. The van der Waals surface area contributed by atoms with Crippen LogP contribution >= 0.6 is 0 Å². The normalized spacial score (nSPS) is 12.2. The van der Waals surface area contributed by atoms with E-state index in [0.29, 0.717) is 29.9 Å². The Hall–Kier alpha value is -2.21. The van der Waals surface area contributed by atoms with E-state index < -0.39 is 6.10 Å². The van der Waals surface area contributed by atoms with E-state index in [1.807, 2.05) is 13.8 Å².